The zero-order valence-electron chi connectivity index (χ0n) is 6.31. The number of hydrogen-bond donors (Lipinski definition) is 0. The molecule has 0 bridgehead atoms. The average Bonchev–Trinajstić information content (AvgIpc) is 2.04. The molecule has 0 spiro atoms. The fraction of sp³-hybridized carbons (Fsp3) is 0.222. The molecule has 0 amide bonds. The van der Waals surface area contributed by atoms with Crippen molar-refractivity contribution in [3.05, 3.63) is 35.4 Å². The molecule has 63 valence electrons. The van der Waals surface area contributed by atoms with Crippen LogP contribution in [0.1, 0.15) is 12.0 Å². The fourth-order valence-corrected chi connectivity index (χ4v) is 0.947. The third-order valence-corrected chi connectivity index (χ3v) is 1.54. The van der Waals surface area contributed by atoms with Crippen molar-refractivity contribution in [3.63, 3.8) is 0 Å². The van der Waals surface area contributed by atoms with E-state index in [9.17, 15) is 13.6 Å². The van der Waals surface area contributed by atoms with Crippen molar-refractivity contribution < 1.29 is 13.6 Å². The summed E-state index contributed by atoms with van der Waals surface area (Å²) in [5, 5.41) is 0. The fourth-order valence-electron chi connectivity index (χ4n) is 0.947. The van der Waals surface area contributed by atoms with Gasteiger partial charge in [-0.25, -0.2) is 8.78 Å². The van der Waals surface area contributed by atoms with E-state index in [-0.39, 0.29) is 18.4 Å². The molecular weight excluding hydrogens is 162 g/mol. The summed E-state index contributed by atoms with van der Waals surface area (Å²) < 4.78 is 25.6. The first-order valence-corrected chi connectivity index (χ1v) is 3.53. The van der Waals surface area contributed by atoms with Crippen molar-refractivity contribution >= 4 is 6.29 Å². The van der Waals surface area contributed by atoms with Gasteiger partial charge in [0, 0.05) is 12.0 Å². The van der Waals surface area contributed by atoms with E-state index < -0.39 is 11.6 Å². The standard InChI is InChI=1S/C9H7F2O/c10-8-4-1-5-9(11)7(8)3-2-6-12/h1,4-5H,2-3H2. The van der Waals surface area contributed by atoms with Gasteiger partial charge < -0.3 is 0 Å². The summed E-state index contributed by atoms with van der Waals surface area (Å²) in [5.74, 6) is -1.21. The first-order chi connectivity index (χ1) is 5.75. The van der Waals surface area contributed by atoms with Gasteiger partial charge in [0.2, 0.25) is 0 Å². The van der Waals surface area contributed by atoms with E-state index in [1.165, 1.54) is 18.2 Å². The highest BCUT2D eigenvalue weighted by Gasteiger charge is 2.06. The summed E-state index contributed by atoms with van der Waals surface area (Å²) in [6, 6.07) is 3.63. The normalized spacial score (nSPS) is 9.83. The van der Waals surface area contributed by atoms with Crippen LogP contribution >= 0.6 is 0 Å². The maximum Gasteiger partial charge on any atom is 0.198 e. The maximum absolute atomic E-state index is 12.8. The van der Waals surface area contributed by atoms with Crippen molar-refractivity contribution in [1.29, 1.82) is 0 Å². The number of halogens is 2. The van der Waals surface area contributed by atoms with Crippen LogP contribution in [0.15, 0.2) is 18.2 Å². The Hall–Kier alpha value is -1.25. The molecule has 1 aromatic rings. The van der Waals surface area contributed by atoms with E-state index in [0.29, 0.717) is 0 Å². The van der Waals surface area contributed by atoms with E-state index in [1.54, 1.807) is 6.29 Å². The van der Waals surface area contributed by atoms with E-state index in [0.717, 1.165) is 0 Å². The first-order valence-electron chi connectivity index (χ1n) is 3.53. The molecule has 0 atom stereocenters. The Morgan fingerprint density at radius 1 is 1.25 bits per heavy atom. The molecule has 0 unspecified atom stereocenters. The highest BCUT2D eigenvalue weighted by Crippen LogP contribution is 2.13. The summed E-state index contributed by atoms with van der Waals surface area (Å²) in [6.07, 6.45) is 1.68. The Balaban J connectivity index is 2.88. The summed E-state index contributed by atoms with van der Waals surface area (Å²) in [7, 11) is 0. The second-order valence-electron chi connectivity index (χ2n) is 2.34. The Bertz CT molecular complexity index is 264. The van der Waals surface area contributed by atoms with Gasteiger partial charge in [-0.3, -0.25) is 4.79 Å². The first kappa shape index (κ1) is 8.84. The van der Waals surface area contributed by atoms with Gasteiger partial charge in [-0.2, -0.15) is 0 Å². The number of benzene rings is 1. The van der Waals surface area contributed by atoms with Crippen LogP contribution in [0.3, 0.4) is 0 Å². The van der Waals surface area contributed by atoms with Crippen LogP contribution in [0.4, 0.5) is 8.78 Å². The van der Waals surface area contributed by atoms with Crippen molar-refractivity contribution in [2.24, 2.45) is 0 Å². The SMILES string of the molecule is O=[C]CCc1c(F)cccc1F. The summed E-state index contributed by atoms with van der Waals surface area (Å²) in [6.45, 7) is 0. The molecule has 0 saturated carbocycles. The third-order valence-electron chi connectivity index (χ3n) is 1.54. The zero-order chi connectivity index (χ0) is 8.97. The Morgan fingerprint density at radius 2 is 1.83 bits per heavy atom. The van der Waals surface area contributed by atoms with Crippen LogP contribution in [0.25, 0.3) is 0 Å². The lowest BCUT2D eigenvalue weighted by molar-refractivity contribution is 0.540. The average molecular weight is 169 g/mol. The van der Waals surface area contributed by atoms with Crippen LogP contribution in [-0.4, -0.2) is 6.29 Å². The van der Waals surface area contributed by atoms with Crippen molar-refractivity contribution in [3.8, 4) is 0 Å². The summed E-state index contributed by atoms with van der Waals surface area (Å²) >= 11 is 0. The van der Waals surface area contributed by atoms with E-state index in [2.05, 4.69) is 0 Å². The third kappa shape index (κ3) is 1.87. The van der Waals surface area contributed by atoms with Gasteiger partial charge in [0.05, 0.1) is 0 Å². The number of rotatable bonds is 3. The second-order valence-corrected chi connectivity index (χ2v) is 2.34. The minimum absolute atomic E-state index is 0.0256. The number of carbonyl (C=O) groups excluding carboxylic acids is 1. The molecule has 0 aliphatic heterocycles. The van der Waals surface area contributed by atoms with Gasteiger partial charge in [0.25, 0.3) is 0 Å². The highest BCUT2D eigenvalue weighted by atomic mass is 19.1. The van der Waals surface area contributed by atoms with Gasteiger partial charge in [0.15, 0.2) is 6.29 Å². The lowest BCUT2D eigenvalue weighted by Crippen LogP contribution is -1.95. The van der Waals surface area contributed by atoms with Crippen LogP contribution in [0, 0.1) is 11.6 Å². The van der Waals surface area contributed by atoms with Crippen LogP contribution < -0.4 is 0 Å². The van der Waals surface area contributed by atoms with Gasteiger partial charge >= 0.3 is 0 Å². The summed E-state index contributed by atoms with van der Waals surface area (Å²) in [4.78, 5) is 9.83. The Morgan fingerprint density at radius 3 is 2.33 bits per heavy atom. The maximum atomic E-state index is 12.8. The molecule has 0 aromatic heterocycles. The molecule has 0 aliphatic carbocycles. The van der Waals surface area contributed by atoms with E-state index in [1.807, 2.05) is 0 Å². The topological polar surface area (TPSA) is 17.1 Å². The second kappa shape index (κ2) is 3.95. The monoisotopic (exact) mass is 169 g/mol. The van der Waals surface area contributed by atoms with Gasteiger partial charge in [0.1, 0.15) is 11.6 Å². The molecule has 0 fully saturated rings. The van der Waals surface area contributed by atoms with Crippen molar-refractivity contribution in [2.45, 2.75) is 12.8 Å². The predicted molar refractivity (Wildman–Crippen MR) is 40.4 cm³/mol. The molecule has 1 nitrogen and oxygen atoms in total. The quantitative estimate of drug-likeness (QED) is 0.676. The van der Waals surface area contributed by atoms with Crippen LogP contribution in [0.5, 0.6) is 0 Å². The van der Waals surface area contributed by atoms with Gasteiger partial charge in [-0.15, -0.1) is 0 Å². The molecule has 1 radical (unpaired) electrons. The molecule has 0 heterocycles. The molecule has 1 rings (SSSR count). The lowest BCUT2D eigenvalue weighted by Gasteiger charge is -2.00. The lowest BCUT2D eigenvalue weighted by atomic mass is 10.1. The largest absolute Gasteiger partial charge is 0.291 e. The van der Waals surface area contributed by atoms with Crippen LogP contribution in [0.2, 0.25) is 0 Å². The Kier molecular flexibility index (Phi) is 2.91. The molecular formula is C9H7F2O. The predicted octanol–water partition coefficient (Wildman–Crippen LogP) is 2.01. The molecule has 0 saturated heterocycles. The molecule has 0 N–H and O–H groups in total. The minimum Gasteiger partial charge on any atom is -0.291 e. The van der Waals surface area contributed by atoms with E-state index in [4.69, 9.17) is 0 Å². The van der Waals surface area contributed by atoms with Crippen LogP contribution in [-0.2, 0) is 11.2 Å². The van der Waals surface area contributed by atoms with E-state index >= 15 is 0 Å². The molecule has 1 aromatic carbocycles. The molecule has 0 aliphatic rings. The van der Waals surface area contributed by atoms with Gasteiger partial charge in [-0.1, -0.05) is 6.07 Å². The summed E-state index contributed by atoms with van der Waals surface area (Å²) in [5.41, 5.74) is -0.0409. The smallest absolute Gasteiger partial charge is 0.198 e. The van der Waals surface area contributed by atoms with Crippen molar-refractivity contribution in [2.75, 3.05) is 0 Å². The minimum atomic E-state index is -0.606. The highest BCUT2D eigenvalue weighted by molar-refractivity contribution is 5.51. The number of hydrogen-bond acceptors (Lipinski definition) is 1. The van der Waals surface area contributed by atoms with Crippen molar-refractivity contribution in [1.82, 2.24) is 0 Å². The van der Waals surface area contributed by atoms with Gasteiger partial charge in [-0.05, 0) is 18.6 Å². The Labute approximate surface area is 69.0 Å². The molecule has 12 heavy (non-hydrogen) atoms. The molecule has 3 heteroatoms. The zero-order valence-corrected chi connectivity index (χ0v) is 6.31.